The molecule has 0 aliphatic heterocycles. The summed E-state index contributed by atoms with van der Waals surface area (Å²) in [5.41, 5.74) is 12.6. The summed E-state index contributed by atoms with van der Waals surface area (Å²) in [6.45, 7) is 0. The molecule has 0 heterocycles. The molecule has 0 bridgehead atoms. The lowest BCUT2D eigenvalue weighted by molar-refractivity contribution is -0.120. The van der Waals surface area contributed by atoms with Gasteiger partial charge in [0.25, 0.3) is 11.8 Å². The van der Waals surface area contributed by atoms with Crippen LogP contribution in [0.5, 0.6) is 11.5 Å². The van der Waals surface area contributed by atoms with Crippen molar-refractivity contribution in [3.05, 3.63) is 95.1 Å². The SMILES string of the molecule is NC(=O)C(Cc1ccc(O)cc1)NC(=O)c1ccc(C(=O)NC(Cc2ccc(O)cc2)C(N)=O)cc1. The summed E-state index contributed by atoms with van der Waals surface area (Å²) >= 11 is 0. The summed E-state index contributed by atoms with van der Waals surface area (Å²) in [7, 11) is 0. The molecule has 0 spiro atoms. The van der Waals surface area contributed by atoms with Crippen LogP contribution in [-0.2, 0) is 22.4 Å². The van der Waals surface area contributed by atoms with E-state index in [2.05, 4.69) is 10.6 Å². The monoisotopic (exact) mass is 490 g/mol. The van der Waals surface area contributed by atoms with Crippen LogP contribution in [0, 0.1) is 0 Å². The van der Waals surface area contributed by atoms with Crippen molar-refractivity contribution in [3.8, 4) is 11.5 Å². The molecule has 0 aromatic heterocycles. The van der Waals surface area contributed by atoms with E-state index in [1.54, 1.807) is 24.3 Å². The largest absolute Gasteiger partial charge is 0.508 e. The molecule has 0 fully saturated rings. The van der Waals surface area contributed by atoms with Crippen molar-refractivity contribution >= 4 is 23.6 Å². The first-order chi connectivity index (χ1) is 17.1. The average Bonchev–Trinajstić information content (AvgIpc) is 2.85. The van der Waals surface area contributed by atoms with Crippen LogP contribution in [-0.4, -0.2) is 45.9 Å². The lowest BCUT2D eigenvalue weighted by Crippen LogP contribution is -2.46. The molecule has 186 valence electrons. The highest BCUT2D eigenvalue weighted by molar-refractivity contribution is 6.00. The zero-order valence-corrected chi connectivity index (χ0v) is 19.2. The third-order valence-corrected chi connectivity index (χ3v) is 5.46. The second-order valence-electron chi connectivity index (χ2n) is 8.18. The number of phenolic OH excluding ortho intramolecular Hbond substituents is 2. The Kier molecular flexibility index (Phi) is 8.24. The number of rotatable bonds is 10. The van der Waals surface area contributed by atoms with Crippen LogP contribution >= 0.6 is 0 Å². The molecule has 0 aliphatic rings. The van der Waals surface area contributed by atoms with Gasteiger partial charge in [0.05, 0.1) is 0 Å². The molecule has 3 aromatic rings. The summed E-state index contributed by atoms with van der Waals surface area (Å²) < 4.78 is 0. The fourth-order valence-electron chi connectivity index (χ4n) is 3.44. The summed E-state index contributed by atoms with van der Waals surface area (Å²) in [5.74, 6) is -2.43. The Balaban J connectivity index is 1.63. The Morgan fingerprint density at radius 2 is 0.889 bits per heavy atom. The van der Waals surface area contributed by atoms with Gasteiger partial charge in [-0.05, 0) is 59.7 Å². The molecule has 3 rings (SSSR count). The van der Waals surface area contributed by atoms with Crippen LogP contribution in [0.15, 0.2) is 72.8 Å². The molecule has 36 heavy (non-hydrogen) atoms. The number of carbonyl (C=O) groups is 4. The number of nitrogens with two attached hydrogens (primary N) is 2. The van der Waals surface area contributed by atoms with Gasteiger partial charge in [-0.15, -0.1) is 0 Å². The molecule has 4 amide bonds. The predicted molar refractivity (Wildman–Crippen MR) is 131 cm³/mol. The van der Waals surface area contributed by atoms with Gasteiger partial charge in [0.15, 0.2) is 0 Å². The maximum absolute atomic E-state index is 12.6. The first-order valence-electron chi connectivity index (χ1n) is 11.0. The maximum atomic E-state index is 12.6. The molecular weight excluding hydrogens is 464 g/mol. The average molecular weight is 491 g/mol. The fraction of sp³-hybridized carbons (Fsp3) is 0.154. The zero-order valence-electron chi connectivity index (χ0n) is 19.2. The van der Waals surface area contributed by atoms with E-state index in [0.29, 0.717) is 11.1 Å². The van der Waals surface area contributed by atoms with Gasteiger partial charge in [-0.3, -0.25) is 19.2 Å². The normalized spacial score (nSPS) is 12.2. The highest BCUT2D eigenvalue weighted by Gasteiger charge is 2.22. The summed E-state index contributed by atoms with van der Waals surface area (Å²) in [5, 5.41) is 23.9. The standard InChI is InChI=1S/C26H26N4O6/c27-23(33)21(13-15-1-9-19(31)10-2-15)29-25(35)17-5-7-18(8-6-17)26(36)30-22(24(28)34)14-16-3-11-20(32)12-4-16/h1-12,21-22,31-32H,13-14H2,(H2,27,33)(H2,28,34)(H,29,35)(H,30,36). The number of carbonyl (C=O) groups excluding carboxylic acids is 4. The van der Waals surface area contributed by atoms with E-state index in [1.807, 2.05) is 0 Å². The van der Waals surface area contributed by atoms with E-state index >= 15 is 0 Å². The van der Waals surface area contributed by atoms with E-state index in [0.717, 1.165) is 0 Å². The Hall–Kier alpha value is -4.86. The number of nitrogens with one attached hydrogen (secondary N) is 2. The van der Waals surface area contributed by atoms with Gasteiger partial charge in [0.1, 0.15) is 23.6 Å². The number of aromatic hydroxyl groups is 2. The number of phenols is 2. The highest BCUT2D eigenvalue weighted by Crippen LogP contribution is 2.13. The minimum atomic E-state index is -0.985. The predicted octanol–water partition coefficient (Wildman–Crippen LogP) is 0.751. The van der Waals surface area contributed by atoms with Gasteiger partial charge in [-0.2, -0.15) is 0 Å². The molecule has 0 radical (unpaired) electrons. The third kappa shape index (κ3) is 7.07. The van der Waals surface area contributed by atoms with Gasteiger partial charge in [0, 0.05) is 24.0 Å². The van der Waals surface area contributed by atoms with Crippen LogP contribution < -0.4 is 22.1 Å². The lowest BCUT2D eigenvalue weighted by Gasteiger charge is -2.17. The van der Waals surface area contributed by atoms with Crippen molar-refractivity contribution in [1.29, 1.82) is 0 Å². The van der Waals surface area contributed by atoms with Crippen LogP contribution in [0.25, 0.3) is 0 Å². The van der Waals surface area contributed by atoms with E-state index < -0.39 is 35.7 Å². The van der Waals surface area contributed by atoms with Crippen molar-refractivity contribution in [2.24, 2.45) is 11.5 Å². The fourth-order valence-corrected chi connectivity index (χ4v) is 3.44. The minimum absolute atomic E-state index is 0.0741. The first-order valence-corrected chi connectivity index (χ1v) is 11.0. The Morgan fingerprint density at radius 1 is 0.583 bits per heavy atom. The second-order valence-corrected chi connectivity index (χ2v) is 8.18. The van der Waals surface area contributed by atoms with E-state index in [-0.39, 0.29) is 35.5 Å². The number of primary amides is 2. The molecule has 2 unspecified atom stereocenters. The van der Waals surface area contributed by atoms with Gasteiger partial charge in [-0.1, -0.05) is 24.3 Å². The van der Waals surface area contributed by atoms with Gasteiger partial charge in [0.2, 0.25) is 11.8 Å². The molecule has 3 aromatic carbocycles. The quantitative estimate of drug-likeness (QED) is 0.243. The molecule has 10 nitrogen and oxygen atoms in total. The van der Waals surface area contributed by atoms with Crippen LogP contribution in [0.2, 0.25) is 0 Å². The number of benzene rings is 3. The van der Waals surface area contributed by atoms with Crippen LogP contribution in [0.1, 0.15) is 31.8 Å². The van der Waals surface area contributed by atoms with Crippen molar-refractivity contribution in [1.82, 2.24) is 10.6 Å². The van der Waals surface area contributed by atoms with E-state index in [4.69, 9.17) is 11.5 Å². The molecule has 0 saturated heterocycles. The van der Waals surface area contributed by atoms with E-state index in [9.17, 15) is 29.4 Å². The summed E-state index contributed by atoms with van der Waals surface area (Å²) in [6, 6.07) is 16.0. The first kappa shape index (κ1) is 25.8. The topological polar surface area (TPSA) is 185 Å². The van der Waals surface area contributed by atoms with E-state index in [1.165, 1.54) is 48.5 Å². The Morgan fingerprint density at radius 3 is 1.17 bits per heavy atom. The van der Waals surface area contributed by atoms with Gasteiger partial charge < -0.3 is 32.3 Å². The Labute approximate surface area is 206 Å². The van der Waals surface area contributed by atoms with Crippen LogP contribution in [0.3, 0.4) is 0 Å². The zero-order chi connectivity index (χ0) is 26.2. The lowest BCUT2D eigenvalue weighted by atomic mass is 10.0. The molecular formula is C26H26N4O6. The minimum Gasteiger partial charge on any atom is -0.508 e. The van der Waals surface area contributed by atoms with Gasteiger partial charge in [-0.25, -0.2) is 0 Å². The molecule has 2 atom stereocenters. The molecule has 0 saturated carbocycles. The van der Waals surface area contributed by atoms with Crippen LogP contribution in [0.4, 0.5) is 0 Å². The molecule has 8 N–H and O–H groups in total. The number of amides is 4. The van der Waals surface area contributed by atoms with Crippen molar-refractivity contribution < 1.29 is 29.4 Å². The number of hydrogen-bond acceptors (Lipinski definition) is 6. The third-order valence-electron chi connectivity index (χ3n) is 5.46. The summed E-state index contributed by atoms with van der Waals surface area (Å²) in [6.07, 6.45) is 0.273. The van der Waals surface area contributed by atoms with Crippen molar-refractivity contribution in [2.75, 3.05) is 0 Å². The summed E-state index contributed by atoms with van der Waals surface area (Å²) in [4.78, 5) is 49.0. The van der Waals surface area contributed by atoms with Gasteiger partial charge >= 0.3 is 0 Å². The molecule has 10 heteroatoms. The highest BCUT2D eigenvalue weighted by atomic mass is 16.3. The molecule has 0 aliphatic carbocycles. The number of hydrogen-bond donors (Lipinski definition) is 6. The Bertz CT molecular complexity index is 1140. The smallest absolute Gasteiger partial charge is 0.251 e. The second kappa shape index (κ2) is 11.5. The van der Waals surface area contributed by atoms with Crippen molar-refractivity contribution in [3.63, 3.8) is 0 Å². The van der Waals surface area contributed by atoms with Crippen molar-refractivity contribution in [2.45, 2.75) is 24.9 Å². The maximum Gasteiger partial charge on any atom is 0.251 e.